The molecule has 3 heteroatoms. The molecule has 1 aromatic carbocycles. The molecule has 0 saturated heterocycles. The highest BCUT2D eigenvalue weighted by molar-refractivity contribution is 5.61. The second-order valence-corrected chi connectivity index (χ2v) is 3.85. The van der Waals surface area contributed by atoms with Crippen molar-refractivity contribution in [3.8, 4) is 11.1 Å². The second kappa shape index (κ2) is 5.55. The Morgan fingerprint density at radius 2 is 1.71 bits per heavy atom. The van der Waals surface area contributed by atoms with Crippen LogP contribution in [0.15, 0.2) is 43.0 Å². The monoisotopic (exact) mass is 228 g/mol. The average molecular weight is 228 g/mol. The number of hydrogen-bond donors (Lipinski definition) is 0. The van der Waals surface area contributed by atoms with Crippen LogP contribution in [0.1, 0.15) is 25.5 Å². The minimum atomic E-state index is 0.140. The molecule has 3 nitrogen and oxygen atoms in total. The predicted molar refractivity (Wildman–Crippen MR) is 67.5 cm³/mol. The van der Waals surface area contributed by atoms with Gasteiger partial charge in [-0.25, -0.2) is 9.97 Å². The van der Waals surface area contributed by atoms with Crippen molar-refractivity contribution in [3.63, 3.8) is 0 Å². The molecule has 1 atom stereocenters. The van der Waals surface area contributed by atoms with Crippen LogP contribution in [-0.2, 0) is 4.74 Å². The standard InChI is InChI=1S/C14H16N2O/c1-3-17-11(2)12-4-6-13(7-5-12)14-8-15-10-16-9-14/h4-11H,3H2,1-2H3/t11-/m1/s1. The summed E-state index contributed by atoms with van der Waals surface area (Å²) in [6, 6.07) is 8.32. The predicted octanol–water partition coefficient (Wildman–Crippen LogP) is 3.24. The molecule has 0 aliphatic rings. The van der Waals surface area contributed by atoms with Crippen LogP contribution in [0.25, 0.3) is 11.1 Å². The molecule has 0 amide bonds. The van der Waals surface area contributed by atoms with Crippen molar-refractivity contribution in [2.45, 2.75) is 20.0 Å². The van der Waals surface area contributed by atoms with Crippen LogP contribution < -0.4 is 0 Å². The fourth-order valence-electron chi connectivity index (χ4n) is 1.74. The van der Waals surface area contributed by atoms with Gasteiger partial charge in [0.05, 0.1) is 6.10 Å². The molecule has 17 heavy (non-hydrogen) atoms. The molecule has 0 spiro atoms. The lowest BCUT2D eigenvalue weighted by Gasteiger charge is -2.12. The van der Waals surface area contributed by atoms with Crippen LogP contribution in [-0.4, -0.2) is 16.6 Å². The molecule has 0 radical (unpaired) electrons. The molecular weight excluding hydrogens is 212 g/mol. The topological polar surface area (TPSA) is 35.0 Å². The molecule has 0 saturated carbocycles. The number of ether oxygens (including phenoxy) is 1. The summed E-state index contributed by atoms with van der Waals surface area (Å²) >= 11 is 0. The van der Waals surface area contributed by atoms with Gasteiger partial charge in [0, 0.05) is 24.6 Å². The van der Waals surface area contributed by atoms with Gasteiger partial charge in [-0.05, 0) is 25.0 Å². The van der Waals surface area contributed by atoms with Gasteiger partial charge in [0.15, 0.2) is 0 Å². The highest BCUT2D eigenvalue weighted by Crippen LogP contribution is 2.22. The Morgan fingerprint density at radius 3 is 2.29 bits per heavy atom. The third-order valence-electron chi connectivity index (χ3n) is 2.69. The Bertz CT molecular complexity index is 453. The minimum Gasteiger partial charge on any atom is -0.374 e. The molecule has 0 aliphatic carbocycles. The van der Waals surface area contributed by atoms with Crippen molar-refractivity contribution in [1.82, 2.24) is 9.97 Å². The summed E-state index contributed by atoms with van der Waals surface area (Å²) in [5.41, 5.74) is 3.34. The molecule has 0 bridgehead atoms. The maximum absolute atomic E-state index is 5.55. The Hall–Kier alpha value is -1.74. The summed E-state index contributed by atoms with van der Waals surface area (Å²) in [4.78, 5) is 8.02. The van der Waals surface area contributed by atoms with Gasteiger partial charge < -0.3 is 4.74 Å². The number of nitrogens with zero attached hydrogens (tertiary/aromatic N) is 2. The number of benzene rings is 1. The molecule has 1 heterocycles. The normalized spacial score (nSPS) is 12.4. The van der Waals surface area contributed by atoms with E-state index in [9.17, 15) is 0 Å². The summed E-state index contributed by atoms with van der Waals surface area (Å²) < 4.78 is 5.55. The molecule has 2 rings (SSSR count). The van der Waals surface area contributed by atoms with Crippen molar-refractivity contribution in [2.24, 2.45) is 0 Å². The molecule has 2 aromatic rings. The number of aromatic nitrogens is 2. The van der Waals surface area contributed by atoms with Crippen LogP contribution in [0.4, 0.5) is 0 Å². The Kier molecular flexibility index (Phi) is 3.83. The first-order valence-electron chi connectivity index (χ1n) is 5.78. The van der Waals surface area contributed by atoms with Crippen LogP contribution >= 0.6 is 0 Å². The summed E-state index contributed by atoms with van der Waals surface area (Å²) in [6.45, 7) is 4.80. The van der Waals surface area contributed by atoms with Gasteiger partial charge in [0.2, 0.25) is 0 Å². The third-order valence-corrected chi connectivity index (χ3v) is 2.69. The third kappa shape index (κ3) is 2.88. The lowest BCUT2D eigenvalue weighted by atomic mass is 10.0. The second-order valence-electron chi connectivity index (χ2n) is 3.85. The van der Waals surface area contributed by atoms with Gasteiger partial charge in [-0.2, -0.15) is 0 Å². The van der Waals surface area contributed by atoms with Gasteiger partial charge >= 0.3 is 0 Å². The van der Waals surface area contributed by atoms with Crippen LogP contribution in [0.5, 0.6) is 0 Å². The summed E-state index contributed by atoms with van der Waals surface area (Å²) in [7, 11) is 0. The van der Waals surface area contributed by atoms with E-state index in [-0.39, 0.29) is 6.10 Å². The molecule has 88 valence electrons. The lowest BCUT2D eigenvalue weighted by molar-refractivity contribution is 0.0764. The minimum absolute atomic E-state index is 0.140. The first kappa shape index (κ1) is 11.7. The smallest absolute Gasteiger partial charge is 0.115 e. The van der Waals surface area contributed by atoms with E-state index in [0.717, 1.165) is 17.7 Å². The van der Waals surface area contributed by atoms with E-state index in [1.807, 2.05) is 19.3 Å². The fourth-order valence-corrected chi connectivity index (χ4v) is 1.74. The van der Waals surface area contributed by atoms with Crippen molar-refractivity contribution in [1.29, 1.82) is 0 Å². The molecule has 0 fully saturated rings. The van der Waals surface area contributed by atoms with Crippen molar-refractivity contribution in [3.05, 3.63) is 48.5 Å². The van der Waals surface area contributed by atoms with Crippen LogP contribution in [0.2, 0.25) is 0 Å². The molecule has 0 N–H and O–H groups in total. The maximum atomic E-state index is 5.55. The van der Waals surface area contributed by atoms with Gasteiger partial charge in [-0.15, -0.1) is 0 Å². The highest BCUT2D eigenvalue weighted by Gasteiger charge is 2.05. The zero-order valence-corrected chi connectivity index (χ0v) is 10.1. The maximum Gasteiger partial charge on any atom is 0.115 e. The van der Waals surface area contributed by atoms with Crippen molar-refractivity contribution >= 4 is 0 Å². The summed E-state index contributed by atoms with van der Waals surface area (Å²) in [5, 5.41) is 0. The van der Waals surface area contributed by atoms with E-state index in [1.165, 1.54) is 11.9 Å². The average Bonchev–Trinajstić information content (AvgIpc) is 2.40. The van der Waals surface area contributed by atoms with E-state index >= 15 is 0 Å². The van der Waals surface area contributed by atoms with E-state index in [0.29, 0.717) is 0 Å². The van der Waals surface area contributed by atoms with Crippen molar-refractivity contribution in [2.75, 3.05) is 6.61 Å². The fraction of sp³-hybridized carbons (Fsp3) is 0.286. The number of rotatable bonds is 4. The van der Waals surface area contributed by atoms with Crippen LogP contribution in [0.3, 0.4) is 0 Å². The van der Waals surface area contributed by atoms with E-state index in [2.05, 4.69) is 41.2 Å². The Labute approximate surface area is 102 Å². The number of hydrogen-bond acceptors (Lipinski definition) is 3. The SMILES string of the molecule is CCO[C@H](C)c1ccc(-c2cncnc2)cc1. The zero-order valence-electron chi connectivity index (χ0n) is 10.1. The van der Waals surface area contributed by atoms with Crippen LogP contribution in [0, 0.1) is 0 Å². The van der Waals surface area contributed by atoms with Crippen molar-refractivity contribution < 1.29 is 4.74 Å². The lowest BCUT2D eigenvalue weighted by Crippen LogP contribution is -1.98. The summed E-state index contributed by atoms with van der Waals surface area (Å²) in [6.07, 6.45) is 5.30. The highest BCUT2D eigenvalue weighted by atomic mass is 16.5. The summed E-state index contributed by atoms with van der Waals surface area (Å²) in [5.74, 6) is 0. The molecular formula is C14H16N2O. The van der Waals surface area contributed by atoms with E-state index in [1.54, 1.807) is 0 Å². The van der Waals surface area contributed by atoms with Gasteiger partial charge in [0.25, 0.3) is 0 Å². The van der Waals surface area contributed by atoms with Gasteiger partial charge in [-0.3, -0.25) is 0 Å². The first-order chi connectivity index (χ1) is 8.31. The Morgan fingerprint density at radius 1 is 1.06 bits per heavy atom. The van der Waals surface area contributed by atoms with Gasteiger partial charge in [-0.1, -0.05) is 24.3 Å². The van der Waals surface area contributed by atoms with Gasteiger partial charge in [0.1, 0.15) is 6.33 Å². The quantitative estimate of drug-likeness (QED) is 0.805. The molecule has 0 aliphatic heterocycles. The van der Waals surface area contributed by atoms with E-state index in [4.69, 9.17) is 4.74 Å². The Balaban J connectivity index is 2.19. The largest absolute Gasteiger partial charge is 0.374 e. The first-order valence-corrected chi connectivity index (χ1v) is 5.78. The molecule has 0 unspecified atom stereocenters. The zero-order chi connectivity index (χ0) is 12.1. The van der Waals surface area contributed by atoms with E-state index < -0.39 is 0 Å². The molecule has 1 aromatic heterocycles.